The van der Waals surface area contributed by atoms with E-state index in [0.717, 1.165) is 56.4 Å². The van der Waals surface area contributed by atoms with Gasteiger partial charge in [-0.15, -0.1) is 0 Å². The van der Waals surface area contributed by atoms with Crippen LogP contribution in [0.4, 0.5) is 0 Å². The van der Waals surface area contributed by atoms with Crippen LogP contribution in [-0.4, -0.2) is 52.1 Å². The predicted molar refractivity (Wildman–Crippen MR) is 95.6 cm³/mol. The molecule has 0 amide bonds. The average Bonchev–Trinajstić information content (AvgIpc) is 2.65. The standard InChI is InChI=1S/C18H29N3O3/c1-4-19-17(20-13-15-5-7-16(22-2)8-6-15)21-14-18(23-3)9-11-24-12-10-18/h5-8H,4,9-14H2,1-3H3,(H2,19,20,21). The molecular weight excluding hydrogens is 306 g/mol. The first-order valence-corrected chi connectivity index (χ1v) is 8.49. The van der Waals surface area contributed by atoms with Gasteiger partial charge in [0, 0.05) is 46.3 Å². The molecule has 1 aliphatic heterocycles. The summed E-state index contributed by atoms with van der Waals surface area (Å²) in [7, 11) is 3.44. The number of benzene rings is 1. The van der Waals surface area contributed by atoms with E-state index in [0.29, 0.717) is 6.54 Å². The fourth-order valence-corrected chi connectivity index (χ4v) is 2.68. The summed E-state index contributed by atoms with van der Waals surface area (Å²) in [5.41, 5.74) is 0.967. The van der Waals surface area contributed by atoms with Gasteiger partial charge in [0.2, 0.25) is 0 Å². The maximum atomic E-state index is 5.76. The molecule has 1 aromatic rings. The van der Waals surface area contributed by atoms with Crippen molar-refractivity contribution in [2.24, 2.45) is 4.99 Å². The number of rotatable bonds is 7. The lowest BCUT2D eigenvalue weighted by atomic mass is 9.94. The van der Waals surface area contributed by atoms with E-state index in [1.807, 2.05) is 24.3 Å². The summed E-state index contributed by atoms with van der Waals surface area (Å²) in [5, 5.41) is 6.69. The van der Waals surface area contributed by atoms with E-state index >= 15 is 0 Å². The van der Waals surface area contributed by atoms with Gasteiger partial charge in [-0.3, -0.25) is 0 Å². The predicted octanol–water partition coefficient (Wildman–Crippen LogP) is 1.95. The highest BCUT2D eigenvalue weighted by molar-refractivity contribution is 5.79. The summed E-state index contributed by atoms with van der Waals surface area (Å²) < 4.78 is 16.4. The van der Waals surface area contributed by atoms with Gasteiger partial charge in [0.05, 0.1) is 19.3 Å². The van der Waals surface area contributed by atoms with Crippen LogP contribution in [0.3, 0.4) is 0 Å². The number of hydrogen-bond acceptors (Lipinski definition) is 4. The van der Waals surface area contributed by atoms with Crippen LogP contribution in [0.15, 0.2) is 29.3 Å². The molecular formula is C18H29N3O3. The highest BCUT2D eigenvalue weighted by Crippen LogP contribution is 2.23. The van der Waals surface area contributed by atoms with Gasteiger partial charge in [-0.2, -0.15) is 0 Å². The molecule has 24 heavy (non-hydrogen) atoms. The molecule has 0 unspecified atom stereocenters. The molecule has 1 heterocycles. The van der Waals surface area contributed by atoms with Crippen molar-refractivity contribution < 1.29 is 14.2 Å². The first-order valence-electron chi connectivity index (χ1n) is 8.49. The third-order valence-electron chi connectivity index (χ3n) is 4.34. The molecule has 1 aromatic carbocycles. The maximum absolute atomic E-state index is 5.76. The van der Waals surface area contributed by atoms with Crippen LogP contribution < -0.4 is 15.4 Å². The minimum absolute atomic E-state index is 0.172. The fraction of sp³-hybridized carbons (Fsp3) is 0.611. The second-order valence-electron chi connectivity index (χ2n) is 5.90. The van der Waals surface area contributed by atoms with Crippen molar-refractivity contribution in [3.63, 3.8) is 0 Å². The lowest BCUT2D eigenvalue weighted by Crippen LogP contribution is -2.50. The Kier molecular flexibility index (Phi) is 7.34. The molecule has 0 radical (unpaired) electrons. The summed E-state index contributed by atoms with van der Waals surface area (Å²) in [4.78, 5) is 4.66. The number of nitrogens with zero attached hydrogens (tertiary/aromatic N) is 1. The SMILES string of the molecule is CCNC(=NCc1ccc(OC)cc1)NCC1(OC)CCOCC1. The molecule has 0 bridgehead atoms. The Morgan fingerprint density at radius 2 is 1.88 bits per heavy atom. The highest BCUT2D eigenvalue weighted by Gasteiger charge is 2.32. The van der Waals surface area contributed by atoms with Gasteiger partial charge in [-0.25, -0.2) is 4.99 Å². The summed E-state index contributed by atoms with van der Waals surface area (Å²) in [6, 6.07) is 7.96. The lowest BCUT2D eigenvalue weighted by molar-refractivity contribution is -0.0855. The average molecular weight is 335 g/mol. The van der Waals surface area contributed by atoms with Crippen LogP contribution in [0.5, 0.6) is 5.75 Å². The Morgan fingerprint density at radius 1 is 1.17 bits per heavy atom. The Hall–Kier alpha value is -1.79. The van der Waals surface area contributed by atoms with Crippen LogP contribution in [0, 0.1) is 0 Å². The summed E-state index contributed by atoms with van der Waals surface area (Å²) in [5.74, 6) is 1.66. The van der Waals surface area contributed by atoms with Gasteiger partial charge < -0.3 is 24.8 Å². The molecule has 6 nitrogen and oxygen atoms in total. The third kappa shape index (κ3) is 5.39. The van der Waals surface area contributed by atoms with Gasteiger partial charge in [0.25, 0.3) is 0 Å². The highest BCUT2D eigenvalue weighted by atomic mass is 16.5. The molecule has 0 aromatic heterocycles. The normalized spacial score (nSPS) is 17.4. The summed E-state index contributed by atoms with van der Waals surface area (Å²) in [6.07, 6.45) is 1.79. The minimum atomic E-state index is -0.172. The van der Waals surface area contributed by atoms with Gasteiger partial charge in [0.15, 0.2) is 5.96 Å². The van der Waals surface area contributed by atoms with E-state index in [-0.39, 0.29) is 5.60 Å². The lowest BCUT2D eigenvalue weighted by Gasteiger charge is -2.36. The summed E-state index contributed by atoms with van der Waals surface area (Å²) in [6.45, 7) is 5.70. The van der Waals surface area contributed by atoms with Gasteiger partial charge in [-0.1, -0.05) is 12.1 Å². The van der Waals surface area contributed by atoms with Gasteiger partial charge in [0.1, 0.15) is 5.75 Å². The molecule has 1 fully saturated rings. The Balaban J connectivity index is 1.94. The molecule has 0 saturated carbocycles. The largest absolute Gasteiger partial charge is 0.497 e. The smallest absolute Gasteiger partial charge is 0.191 e. The quantitative estimate of drug-likeness (QED) is 0.589. The van der Waals surface area contributed by atoms with Crippen LogP contribution in [-0.2, 0) is 16.0 Å². The van der Waals surface area contributed by atoms with E-state index in [2.05, 4.69) is 22.5 Å². The van der Waals surface area contributed by atoms with Crippen LogP contribution in [0.25, 0.3) is 0 Å². The fourth-order valence-electron chi connectivity index (χ4n) is 2.68. The monoisotopic (exact) mass is 335 g/mol. The Labute approximate surface area is 144 Å². The number of hydrogen-bond donors (Lipinski definition) is 2. The van der Waals surface area contributed by atoms with Gasteiger partial charge in [-0.05, 0) is 24.6 Å². The molecule has 6 heteroatoms. The second-order valence-corrected chi connectivity index (χ2v) is 5.90. The van der Waals surface area contributed by atoms with E-state index < -0.39 is 0 Å². The van der Waals surface area contributed by atoms with Crippen molar-refractivity contribution >= 4 is 5.96 Å². The molecule has 1 saturated heterocycles. The zero-order valence-electron chi connectivity index (χ0n) is 14.9. The van der Waals surface area contributed by atoms with Gasteiger partial charge >= 0.3 is 0 Å². The van der Waals surface area contributed by atoms with Crippen molar-refractivity contribution in [3.05, 3.63) is 29.8 Å². The second kappa shape index (κ2) is 9.49. The molecule has 2 rings (SSSR count). The zero-order valence-corrected chi connectivity index (χ0v) is 14.9. The van der Waals surface area contributed by atoms with Crippen molar-refractivity contribution in [1.29, 1.82) is 0 Å². The van der Waals surface area contributed by atoms with E-state index in [1.165, 1.54) is 0 Å². The number of nitrogens with one attached hydrogen (secondary N) is 2. The zero-order chi connectivity index (χ0) is 17.3. The first kappa shape index (κ1) is 18.5. The maximum Gasteiger partial charge on any atom is 0.191 e. The topological polar surface area (TPSA) is 64.1 Å². The molecule has 1 aliphatic rings. The molecule has 2 N–H and O–H groups in total. The Morgan fingerprint density at radius 3 is 2.46 bits per heavy atom. The molecule has 0 aliphatic carbocycles. The third-order valence-corrected chi connectivity index (χ3v) is 4.34. The first-order chi connectivity index (χ1) is 11.7. The molecule has 134 valence electrons. The van der Waals surface area contributed by atoms with Crippen LogP contribution in [0.1, 0.15) is 25.3 Å². The molecule has 0 atom stereocenters. The number of methoxy groups -OCH3 is 2. The Bertz CT molecular complexity index is 511. The van der Waals surface area contributed by atoms with E-state index in [4.69, 9.17) is 14.2 Å². The summed E-state index contributed by atoms with van der Waals surface area (Å²) >= 11 is 0. The van der Waals surface area contributed by atoms with Crippen molar-refractivity contribution in [2.45, 2.75) is 31.9 Å². The number of ether oxygens (including phenoxy) is 3. The number of aliphatic imine (C=N–C) groups is 1. The van der Waals surface area contributed by atoms with E-state index in [9.17, 15) is 0 Å². The van der Waals surface area contributed by atoms with Crippen molar-refractivity contribution in [2.75, 3.05) is 40.5 Å². The van der Waals surface area contributed by atoms with Crippen LogP contribution >= 0.6 is 0 Å². The van der Waals surface area contributed by atoms with Crippen molar-refractivity contribution in [3.8, 4) is 5.75 Å². The minimum Gasteiger partial charge on any atom is -0.497 e. The van der Waals surface area contributed by atoms with E-state index in [1.54, 1.807) is 14.2 Å². The van der Waals surface area contributed by atoms with Crippen molar-refractivity contribution in [1.82, 2.24) is 10.6 Å². The number of guanidine groups is 1. The molecule has 0 spiro atoms. The van der Waals surface area contributed by atoms with Crippen LogP contribution in [0.2, 0.25) is 0 Å².